The van der Waals surface area contributed by atoms with E-state index in [9.17, 15) is 4.39 Å². The fourth-order valence-electron chi connectivity index (χ4n) is 2.88. The molecule has 1 aliphatic rings. The Morgan fingerprint density at radius 2 is 1.93 bits per heavy atom. The molecule has 1 saturated heterocycles. The van der Waals surface area contributed by atoms with Gasteiger partial charge in [-0.1, -0.05) is 23.9 Å². The van der Waals surface area contributed by atoms with E-state index in [1.54, 1.807) is 12.1 Å². The van der Waals surface area contributed by atoms with Gasteiger partial charge >= 0.3 is 0 Å². The number of thioether (sulfide) groups is 1. The zero-order chi connectivity index (χ0) is 18.6. The first kappa shape index (κ1) is 17.7. The number of nitrogen functional groups attached to an aromatic ring is 1. The quantitative estimate of drug-likeness (QED) is 0.675. The Balaban J connectivity index is 1.67. The average molecular weight is 386 g/mol. The minimum absolute atomic E-state index is 0.303. The topological polar surface area (TPSA) is 82.1 Å². The molecular weight excluding hydrogens is 367 g/mol. The predicted molar refractivity (Wildman–Crippen MR) is 103 cm³/mol. The number of morpholine rings is 1. The first-order valence-electron chi connectivity index (χ1n) is 8.59. The fourth-order valence-corrected chi connectivity index (χ4v) is 3.73. The second-order valence-corrected chi connectivity index (χ2v) is 6.98. The summed E-state index contributed by atoms with van der Waals surface area (Å²) < 4.78 is 21.1. The van der Waals surface area contributed by atoms with Crippen molar-refractivity contribution >= 4 is 23.5 Å². The molecule has 0 radical (unpaired) electrons. The first-order valence-corrected chi connectivity index (χ1v) is 9.57. The Hall–Kier alpha value is -2.65. The van der Waals surface area contributed by atoms with E-state index < -0.39 is 0 Å². The van der Waals surface area contributed by atoms with E-state index in [0.717, 1.165) is 18.8 Å². The summed E-state index contributed by atoms with van der Waals surface area (Å²) in [6, 6.07) is 12.0. The van der Waals surface area contributed by atoms with E-state index in [1.807, 2.05) is 22.8 Å². The maximum Gasteiger partial charge on any atom is 0.232 e. The molecule has 4 rings (SSSR count). The van der Waals surface area contributed by atoms with Gasteiger partial charge in [-0.25, -0.2) is 9.37 Å². The van der Waals surface area contributed by atoms with E-state index in [4.69, 9.17) is 10.5 Å². The molecule has 1 fully saturated rings. The van der Waals surface area contributed by atoms with Gasteiger partial charge in [-0.15, -0.1) is 10.2 Å². The molecule has 0 aliphatic carbocycles. The molecule has 0 unspecified atom stereocenters. The summed E-state index contributed by atoms with van der Waals surface area (Å²) in [5, 5.41) is 9.39. The van der Waals surface area contributed by atoms with Crippen LogP contribution < -0.4 is 10.6 Å². The fraction of sp³-hybridized carbons (Fsp3) is 0.278. The molecule has 3 heterocycles. The first-order chi connectivity index (χ1) is 13.2. The number of pyridine rings is 1. The Bertz CT molecular complexity index is 928. The van der Waals surface area contributed by atoms with E-state index in [-0.39, 0.29) is 5.82 Å². The highest BCUT2D eigenvalue weighted by atomic mass is 32.2. The third-order valence-electron chi connectivity index (χ3n) is 4.15. The third kappa shape index (κ3) is 4.04. The summed E-state index contributed by atoms with van der Waals surface area (Å²) in [5.41, 5.74) is 7.29. The summed E-state index contributed by atoms with van der Waals surface area (Å²) in [5.74, 6) is 1.45. The van der Waals surface area contributed by atoms with Crippen LogP contribution in [0, 0.1) is 5.82 Å². The number of nitrogens with zero attached hydrogens (tertiary/aromatic N) is 5. The highest BCUT2D eigenvalue weighted by Crippen LogP contribution is 2.29. The van der Waals surface area contributed by atoms with Crippen LogP contribution in [0.15, 0.2) is 47.6 Å². The van der Waals surface area contributed by atoms with Gasteiger partial charge in [0.05, 0.1) is 24.6 Å². The lowest BCUT2D eigenvalue weighted by Crippen LogP contribution is -2.37. The Labute approximate surface area is 160 Å². The number of halogens is 1. The van der Waals surface area contributed by atoms with Crippen LogP contribution in [0.3, 0.4) is 0 Å². The van der Waals surface area contributed by atoms with Gasteiger partial charge in [0.15, 0.2) is 5.16 Å². The molecule has 0 bridgehead atoms. The molecule has 2 aromatic heterocycles. The predicted octanol–water partition coefficient (Wildman–Crippen LogP) is 2.51. The summed E-state index contributed by atoms with van der Waals surface area (Å²) >= 11 is 1.49. The highest BCUT2D eigenvalue weighted by Gasteiger charge is 2.22. The number of ether oxygens (including phenoxy) is 1. The van der Waals surface area contributed by atoms with Crippen molar-refractivity contribution in [2.75, 3.05) is 36.9 Å². The lowest BCUT2D eigenvalue weighted by molar-refractivity contribution is 0.122. The zero-order valence-electron chi connectivity index (χ0n) is 14.6. The SMILES string of the molecule is Nc1cccc(CSc2nnc(N3CCOCC3)n2-c2cccc(F)c2)n1. The third-order valence-corrected chi connectivity index (χ3v) is 5.12. The van der Waals surface area contributed by atoms with Crippen molar-refractivity contribution in [3.63, 3.8) is 0 Å². The molecular formula is C18H19FN6OS. The number of hydrogen-bond acceptors (Lipinski definition) is 7. The Morgan fingerprint density at radius 3 is 2.70 bits per heavy atom. The molecule has 27 heavy (non-hydrogen) atoms. The van der Waals surface area contributed by atoms with Crippen LogP contribution in [0.4, 0.5) is 16.2 Å². The maximum atomic E-state index is 13.8. The minimum Gasteiger partial charge on any atom is -0.384 e. The van der Waals surface area contributed by atoms with Crippen LogP contribution in [0.2, 0.25) is 0 Å². The maximum absolute atomic E-state index is 13.8. The number of anilines is 2. The highest BCUT2D eigenvalue weighted by molar-refractivity contribution is 7.98. The molecule has 0 saturated carbocycles. The van der Waals surface area contributed by atoms with Gasteiger partial charge in [-0.2, -0.15) is 0 Å². The second kappa shape index (κ2) is 7.93. The summed E-state index contributed by atoms with van der Waals surface area (Å²) in [6.07, 6.45) is 0. The number of aromatic nitrogens is 4. The minimum atomic E-state index is -0.303. The molecule has 0 atom stereocenters. The smallest absolute Gasteiger partial charge is 0.232 e. The molecule has 2 N–H and O–H groups in total. The van der Waals surface area contributed by atoms with Gasteiger partial charge < -0.3 is 15.4 Å². The summed E-state index contributed by atoms with van der Waals surface area (Å²) in [6.45, 7) is 2.70. The second-order valence-electron chi connectivity index (χ2n) is 6.04. The van der Waals surface area contributed by atoms with Crippen molar-refractivity contribution in [1.82, 2.24) is 19.7 Å². The summed E-state index contributed by atoms with van der Waals surface area (Å²) in [7, 11) is 0. The molecule has 140 valence electrons. The number of hydrogen-bond donors (Lipinski definition) is 1. The van der Waals surface area contributed by atoms with Crippen LogP contribution in [-0.4, -0.2) is 46.1 Å². The lowest BCUT2D eigenvalue weighted by Gasteiger charge is -2.27. The van der Waals surface area contributed by atoms with Crippen molar-refractivity contribution < 1.29 is 9.13 Å². The normalized spacial score (nSPS) is 14.5. The largest absolute Gasteiger partial charge is 0.384 e. The standard InChI is InChI=1S/C18H19FN6OS/c19-13-3-1-5-15(11-13)25-17(24-7-9-26-10-8-24)22-23-18(25)27-12-14-4-2-6-16(20)21-14/h1-6,11H,7-10,12H2,(H2,20,21). The van der Waals surface area contributed by atoms with E-state index >= 15 is 0 Å². The van der Waals surface area contributed by atoms with Crippen molar-refractivity contribution in [3.8, 4) is 5.69 Å². The number of benzene rings is 1. The van der Waals surface area contributed by atoms with Crippen molar-refractivity contribution in [2.45, 2.75) is 10.9 Å². The van der Waals surface area contributed by atoms with Gasteiger partial charge in [-0.3, -0.25) is 4.57 Å². The molecule has 0 spiro atoms. The molecule has 3 aromatic rings. The summed E-state index contributed by atoms with van der Waals surface area (Å²) in [4.78, 5) is 6.42. The monoisotopic (exact) mass is 386 g/mol. The van der Waals surface area contributed by atoms with Crippen LogP contribution in [-0.2, 0) is 10.5 Å². The zero-order valence-corrected chi connectivity index (χ0v) is 15.4. The van der Waals surface area contributed by atoms with Gasteiger partial charge in [-0.05, 0) is 30.3 Å². The number of rotatable bonds is 5. The van der Waals surface area contributed by atoms with Crippen LogP contribution in [0.5, 0.6) is 0 Å². The molecule has 7 nitrogen and oxygen atoms in total. The van der Waals surface area contributed by atoms with Crippen LogP contribution in [0.25, 0.3) is 5.69 Å². The van der Waals surface area contributed by atoms with Gasteiger partial charge in [0, 0.05) is 18.8 Å². The van der Waals surface area contributed by atoms with Gasteiger partial charge in [0.25, 0.3) is 0 Å². The Kier molecular flexibility index (Phi) is 5.21. The average Bonchev–Trinajstić information content (AvgIpc) is 3.11. The number of nitrogens with two attached hydrogens (primary N) is 1. The van der Waals surface area contributed by atoms with E-state index in [2.05, 4.69) is 20.1 Å². The Morgan fingerprint density at radius 1 is 1.11 bits per heavy atom. The van der Waals surface area contributed by atoms with Crippen molar-refractivity contribution in [1.29, 1.82) is 0 Å². The molecule has 1 aromatic carbocycles. The molecule has 9 heteroatoms. The molecule has 0 amide bonds. The van der Waals surface area contributed by atoms with E-state index in [1.165, 1.54) is 23.9 Å². The molecule has 1 aliphatic heterocycles. The lowest BCUT2D eigenvalue weighted by atomic mass is 10.3. The van der Waals surface area contributed by atoms with Gasteiger partial charge in [0.2, 0.25) is 5.95 Å². The van der Waals surface area contributed by atoms with E-state index in [0.29, 0.717) is 41.6 Å². The van der Waals surface area contributed by atoms with Crippen LogP contribution in [0.1, 0.15) is 5.69 Å². The van der Waals surface area contributed by atoms with Crippen LogP contribution >= 0.6 is 11.8 Å². The van der Waals surface area contributed by atoms with Crippen molar-refractivity contribution in [2.24, 2.45) is 0 Å². The van der Waals surface area contributed by atoms with Gasteiger partial charge in [0.1, 0.15) is 11.6 Å². The van der Waals surface area contributed by atoms with Crippen molar-refractivity contribution in [3.05, 3.63) is 54.0 Å².